The minimum absolute atomic E-state index is 0.457. The van der Waals surface area contributed by atoms with Gasteiger partial charge in [-0.15, -0.1) is 0 Å². The zero-order valence-corrected chi connectivity index (χ0v) is 12.0. The third-order valence-corrected chi connectivity index (χ3v) is 3.79. The molecule has 1 fully saturated rings. The van der Waals surface area contributed by atoms with Crippen molar-refractivity contribution in [2.45, 2.75) is 18.9 Å². The Hall–Kier alpha value is -1.88. The zero-order valence-electron chi connectivity index (χ0n) is 12.0. The molecule has 0 aliphatic carbocycles. The van der Waals surface area contributed by atoms with Crippen LogP contribution in [0.3, 0.4) is 0 Å². The van der Waals surface area contributed by atoms with Crippen molar-refractivity contribution in [3.8, 4) is 0 Å². The van der Waals surface area contributed by atoms with Crippen molar-refractivity contribution in [3.63, 3.8) is 0 Å². The van der Waals surface area contributed by atoms with E-state index in [0.717, 1.165) is 43.4 Å². The highest BCUT2D eigenvalue weighted by atomic mass is 16.4. The molecule has 20 heavy (non-hydrogen) atoms. The number of pyridine rings is 1. The lowest BCUT2D eigenvalue weighted by Gasteiger charge is -2.36. The van der Waals surface area contributed by atoms with Crippen LogP contribution in [0.2, 0.25) is 0 Å². The van der Waals surface area contributed by atoms with E-state index in [2.05, 4.69) is 21.8 Å². The Labute approximate surface area is 119 Å². The molecule has 0 bridgehead atoms. The second-order valence-electron chi connectivity index (χ2n) is 5.23. The molecule has 0 saturated carbocycles. The van der Waals surface area contributed by atoms with Gasteiger partial charge in [-0.05, 0) is 51.2 Å². The molecule has 1 N–H and O–H groups in total. The SMILES string of the molecule is CN1CCC(N(C)c2ncccc2/C=C/C(=O)O)CC1. The average Bonchev–Trinajstić information content (AvgIpc) is 2.45. The lowest BCUT2D eigenvalue weighted by molar-refractivity contribution is -0.131. The first kappa shape index (κ1) is 14.5. The molecular formula is C15H21N3O2. The predicted molar refractivity (Wildman–Crippen MR) is 79.8 cm³/mol. The summed E-state index contributed by atoms with van der Waals surface area (Å²) in [6, 6.07) is 4.18. The number of carboxylic acids is 1. The molecule has 0 aromatic carbocycles. The topological polar surface area (TPSA) is 56.7 Å². The number of aromatic nitrogens is 1. The molecule has 0 amide bonds. The molecule has 1 saturated heterocycles. The number of hydrogen-bond acceptors (Lipinski definition) is 4. The molecule has 0 spiro atoms. The number of rotatable bonds is 4. The summed E-state index contributed by atoms with van der Waals surface area (Å²) >= 11 is 0. The molecule has 0 atom stereocenters. The number of anilines is 1. The van der Waals surface area contributed by atoms with E-state index in [1.807, 2.05) is 19.2 Å². The number of hydrogen-bond donors (Lipinski definition) is 1. The fourth-order valence-electron chi connectivity index (χ4n) is 2.55. The highest BCUT2D eigenvalue weighted by Gasteiger charge is 2.22. The molecule has 108 valence electrons. The lowest BCUT2D eigenvalue weighted by atomic mass is 10.0. The maximum atomic E-state index is 10.7. The second-order valence-corrected chi connectivity index (χ2v) is 5.23. The fraction of sp³-hybridized carbons (Fsp3) is 0.467. The number of piperidine rings is 1. The van der Waals surface area contributed by atoms with Crippen molar-refractivity contribution >= 4 is 17.9 Å². The van der Waals surface area contributed by atoms with Gasteiger partial charge in [-0.1, -0.05) is 0 Å². The van der Waals surface area contributed by atoms with E-state index >= 15 is 0 Å². The molecule has 1 aliphatic heterocycles. The first-order valence-electron chi connectivity index (χ1n) is 6.85. The maximum absolute atomic E-state index is 10.7. The van der Waals surface area contributed by atoms with Gasteiger partial charge in [0.1, 0.15) is 5.82 Å². The third-order valence-electron chi connectivity index (χ3n) is 3.79. The van der Waals surface area contributed by atoms with Gasteiger partial charge >= 0.3 is 5.97 Å². The van der Waals surface area contributed by atoms with Crippen molar-refractivity contribution in [1.29, 1.82) is 0 Å². The summed E-state index contributed by atoms with van der Waals surface area (Å²) in [4.78, 5) is 19.6. The van der Waals surface area contributed by atoms with Crippen LogP contribution in [0, 0.1) is 0 Å². The van der Waals surface area contributed by atoms with Crippen LogP contribution in [0.4, 0.5) is 5.82 Å². The van der Waals surface area contributed by atoms with E-state index in [1.54, 1.807) is 12.3 Å². The van der Waals surface area contributed by atoms with Crippen LogP contribution in [-0.4, -0.2) is 54.2 Å². The Morgan fingerprint density at radius 2 is 2.20 bits per heavy atom. The summed E-state index contributed by atoms with van der Waals surface area (Å²) < 4.78 is 0. The van der Waals surface area contributed by atoms with Gasteiger partial charge in [0.2, 0.25) is 0 Å². The van der Waals surface area contributed by atoms with E-state index in [-0.39, 0.29) is 0 Å². The summed E-state index contributed by atoms with van der Waals surface area (Å²) in [6.45, 7) is 2.17. The van der Waals surface area contributed by atoms with Gasteiger partial charge in [0, 0.05) is 30.9 Å². The van der Waals surface area contributed by atoms with Crippen molar-refractivity contribution in [3.05, 3.63) is 30.0 Å². The number of aliphatic carboxylic acids is 1. The van der Waals surface area contributed by atoms with E-state index < -0.39 is 5.97 Å². The monoisotopic (exact) mass is 275 g/mol. The summed E-state index contributed by atoms with van der Waals surface area (Å²) in [5.41, 5.74) is 0.844. The van der Waals surface area contributed by atoms with Gasteiger partial charge in [-0.25, -0.2) is 9.78 Å². The quantitative estimate of drug-likeness (QED) is 0.848. The van der Waals surface area contributed by atoms with Gasteiger partial charge < -0.3 is 14.9 Å². The number of likely N-dealkylation sites (tertiary alicyclic amines) is 1. The Morgan fingerprint density at radius 1 is 1.50 bits per heavy atom. The molecule has 1 aromatic rings. The minimum atomic E-state index is -0.943. The first-order chi connectivity index (χ1) is 9.58. The molecule has 5 heteroatoms. The zero-order chi connectivity index (χ0) is 14.5. The molecule has 0 unspecified atom stereocenters. The molecule has 5 nitrogen and oxygen atoms in total. The van der Waals surface area contributed by atoms with E-state index in [0.29, 0.717) is 6.04 Å². The largest absolute Gasteiger partial charge is 0.478 e. The predicted octanol–water partition coefficient (Wildman–Crippen LogP) is 1.71. The molecule has 2 heterocycles. The van der Waals surface area contributed by atoms with Crippen molar-refractivity contribution in [2.24, 2.45) is 0 Å². The Kier molecular flexibility index (Phi) is 4.74. The van der Waals surface area contributed by atoms with Crippen LogP contribution in [0.1, 0.15) is 18.4 Å². The first-order valence-corrected chi connectivity index (χ1v) is 6.85. The van der Waals surface area contributed by atoms with E-state index in [9.17, 15) is 4.79 Å². The molecule has 1 aromatic heterocycles. The lowest BCUT2D eigenvalue weighted by Crippen LogP contribution is -2.42. The summed E-state index contributed by atoms with van der Waals surface area (Å²) in [7, 11) is 4.18. The third kappa shape index (κ3) is 3.57. The van der Waals surface area contributed by atoms with Crippen molar-refractivity contribution in [1.82, 2.24) is 9.88 Å². The highest BCUT2D eigenvalue weighted by molar-refractivity contribution is 5.86. The Balaban J connectivity index is 2.17. The second kappa shape index (κ2) is 6.52. The smallest absolute Gasteiger partial charge is 0.328 e. The van der Waals surface area contributed by atoms with Crippen LogP contribution >= 0.6 is 0 Å². The molecule has 1 aliphatic rings. The minimum Gasteiger partial charge on any atom is -0.478 e. The summed E-state index contributed by atoms with van der Waals surface area (Å²) in [5.74, 6) is -0.0960. The molecule has 0 radical (unpaired) electrons. The highest BCUT2D eigenvalue weighted by Crippen LogP contribution is 2.23. The van der Waals surface area contributed by atoms with Crippen LogP contribution in [0.25, 0.3) is 6.08 Å². The van der Waals surface area contributed by atoms with Crippen LogP contribution < -0.4 is 4.90 Å². The molecule has 2 rings (SSSR count). The Bertz CT molecular complexity index is 494. The normalized spacial score (nSPS) is 17.5. The van der Waals surface area contributed by atoms with E-state index in [4.69, 9.17) is 5.11 Å². The number of nitrogens with zero attached hydrogens (tertiary/aromatic N) is 3. The van der Waals surface area contributed by atoms with Crippen molar-refractivity contribution < 1.29 is 9.90 Å². The van der Waals surface area contributed by atoms with Gasteiger partial charge in [0.05, 0.1) is 0 Å². The molecular weight excluding hydrogens is 254 g/mol. The van der Waals surface area contributed by atoms with Gasteiger partial charge in [0.15, 0.2) is 0 Å². The van der Waals surface area contributed by atoms with Crippen molar-refractivity contribution in [2.75, 3.05) is 32.1 Å². The summed E-state index contributed by atoms with van der Waals surface area (Å²) in [5, 5.41) is 8.76. The van der Waals surface area contributed by atoms with Crippen LogP contribution in [-0.2, 0) is 4.79 Å². The maximum Gasteiger partial charge on any atom is 0.328 e. The number of carboxylic acid groups (broad SMARTS) is 1. The van der Waals surface area contributed by atoms with Gasteiger partial charge in [-0.3, -0.25) is 0 Å². The van der Waals surface area contributed by atoms with Crippen LogP contribution in [0.15, 0.2) is 24.4 Å². The Morgan fingerprint density at radius 3 is 2.85 bits per heavy atom. The van der Waals surface area contributed by atoms with E-state index in [1.165, 1.54) is 0 Å². The standard InChI is InChI=1S/C15H21N3O2/c1-17-10-7-13(8-11-17)18(2)15-12(4-3-9-16-15)5-6-14(19)20/h3-6,9,13H,7-8,10-11H2,1-2H3,(H,19,20)/b6-5+. The fourth-order valence-corrected chi connectivity index (χ4v) is 2.55. The number of carbonyl (C=O) groups is 1. The van der Waals surface area contributed by atoms with Gasteiger partial charge in [-0.2, -0.15) is 0 Å². The van der Waals surface area contributed by atoms with Gasteiger partial charge in [0.25, 0.3) is 0 Å². The summed E-state index contributed by atoms with van der Waals surface area (Å²) in [6.07, 6.45) is 6.72. The van der Waals surface area contributed by atoms with Crippen LogP contribution in [0.5, 0.6) is 0 Å². The average molecular weight is 275 g/mol.